The zero-order chi connectivity index (χ0) is 18.4. The summed E-state index contributed by atoms with van der Waals surface area (Å²) in [7, 11) is 0. The van der Waals surface area contributed by atoms with Crippen molar-refractivity contribution in [1.29, 1.82) is 0 Å². The summed E-state index contributed by atoms with van der Waals surface area (Å²) in [6, 6.07) is 10.1. The molecule has 3 rings (SSSR count). The number of guanidine groups is 1. The summed E-state index contributed by atoms with van der Waals surface area (Å²) < 4.78 is 2.00. The van der Waals surface area contributed by atoms with Crippen molar-refractivity contribution < 1.29 is 0 Å². The lowest BCUT2D eigenvalue weighted by atomic mass is 10.1. The Labute approximate surface area is 183 Å². The maximum Gasteiger partial charge on any atom is 0.194 e. The number of benzene rings is 1. The highest BCUT2D eigenvalue weighted by atomic mass is 127. The third kappa shape index (κ3) is 5.84. The molecule has 0 aliphatic carbocycles. The van der Waals surface area contributed by atoms with Crippen LogP contribution in [0.1, 0.15) is 26.6 Å². The molecule has 2 heterocycles. The van der Waals surface area contributed by atoms with Gasteiger partial charge in [0.25, 0.3) is 0 Å². The maximum absolute atomic E-state index is 4.86. The lowest BCUT2D eigenvalue weighted by Crippen LogP contribution is -2.49. The number of aromatic nitrogens is 3. The highest BCUT2D eigenvalue weighted by Crippen LogP contribution is 2.25. The van der Waals surface area contributed by atoms with Crippen LogP contribution in [0.2, 0.25) is 0 Å². The van der Waals surface area contributed by atoms with Gasteiger partial charge in [0.05, 0.1) is 0 Å². The van der Waals surface area contributed by atoms with Gasteiger partial charge in [-0.05, 0) is 25.0 Å². The van der Waals surface area contributed by atoms with Crippen LogP contribution in [0.4, 0.5) is 0 Å². The maximum atomic E-state index is 4.86. The van der Waals surface area contributed by atoms with Gasteiger partial charge in [-0.25, -0.2) is 4.99 Å². The standard InChI is InChI=1S/C19H28N6S.HI/c1-4-20-19(24-10-11-26-17(13-24)15(2)3)21-12-18-23-22-14-25(18)16-8-6-5-7-9-16;/h5-9,14-15,17H,4,10-13H2,1-3H3,(H,20,21);1H. The van der Waals surface area contributed by atoms with E-state index in [9.17, 15) is 0 Å². The second-order valence-corrected chi connectivity index (χ2v) is 8.07. The first kappa shape index (κ1) is 22.0. The molecule has 0 saturated carbocycles. The topological polar surface area (TPSA) is 58.3 Å². The minimum Gasteiger partial charge on any atom is -0.357 e. The number of hydrogen-bond acceptors (Lipinski definition) is 4. The number of halogens is 1. The van der Waals surface area contributed by atoms with E-state index < -0.39 is 0 Å². The number of para-hydroxylation sites is 1. The monoisotopic (exact) mass is 500 g/mol. The molecule has 1 unspecified atom stereocenters. The van der Waals surface area contributed by atoms with Gasteiger partial charge in [0, 0.05) is 36.3 Å². The van der Waals surface area contributed by atoms with E-state index in [-0.39, 0.29) is 24.0 Å². The molecule has 2 aromatic rings. The zero-order valence-electron chi connectivity index (χ0n) is 16.2. The molecule has 1 aromatic carbocycles. The van der Waals surface area contributed by atoms with Gasteiger partial charge in [-0.1, -0.05) is 32.0 Å². The largest absolute Gasteiger partial charge is 0.357 e. The van der Waals surface area contributed by atoms with E-state index >= 15 is 0 Å². The summed E-state index contributed by atoms with van der Waals surface area (Å²) in [6.45, 7) is 10.2. The van der Waals surface area contributed by atoms with E-state index in [1.165, 1.54) is 0 Å². The minimum atomic E-state index is 0. The molecule has 0 bridgehead atoms. The Bertz CT molecular complexity index is 718. The van der Waals surface area contributed by atoms with Crippen LogP contribution in [-0.2, 0) is 6.54 Å². The van der Waals surface area contributed by atoms with E-state index in [1.807, 2.05) is 22.8 Å². The molecule has 6 nitrogen and oxygen atoms in total. The van der Waals surface area contributed by atoms with Crippen molar-refractivity contribution in [2.45, 2.75) is 32.6 Å². The number of thioether (sulfide) groups is 1. The first-order chi connectivity index (χ1) is 12.7. The Morgan fingerprint density at radius 1 is 1.33 bits per heavy atom. The molecule has 1 saturated heterocycles. The Kier molecular flexibility index (Phi) is 8.88. The predicted molar refractivity (Wildman–Crippen MR) is 124 cm³/mol. The summed E-state index contributed by atoms with van der Waals surface area (Å²) in [6.07, 6.45) is 1.75. The molecular weight excluding hydrogens is 471 g/mol. The molecule has 1 N–H and O–H groups in total. The smallest absolute Gasteiger partial charge is 0.194 e. The van der Waals surface area contributed by atoms with Gasteiger partial charge < -0.3 is 10.2 Å². The van der Waals surface area contributed by atoms with Gasteiger partial charge in [-0.15, -0.1) is 34.2 Å². The third-order valence-corrected chi connectivity index (χ3v) is 6.03. The first-order valence-corrected chi connectivity index (χ1v) is 10.3. The highest BCUT2D eigenvalue weighted by Gasteiger charge is 2.25. The molecule has 1 aromatic heterocycles. The van der Waals surface area contributed by atoms with Crippen molar-refractivity contribution in [3.63, 3.8) is 0 Å². The average Bonchev–Trinajstić information content (AvgIpc) is 3.14. The number of aliphatic imine (C=N–C) groups is 1. The molecule has 0 amide bonds. The Hall–Kier alpha value is -1.29. The lowest BCUT2D eigenvalue weighted by molar-refractivity contribution is 0.380. The minimum absolute atomic E-state index is 0. The van der Waals surface area contributed by atoms with E-state index in [0.717, 1.165) is 42.9 Å². The normalized spacial score (nSPS) is 17.7. The molecule has 27 heavy (non-hydrogen) atoms. The predicted octanol–water partition coefficient (Wildman–Crippen LogP) is 3.42. The van der Waals surface area contributed by atoms with E-state index in [0.29, 0.717) is 17.7 Å². The third-order valence-electron chi connectivity index (χ3n) is 4.49. The van der Waals surface area contributed by atoms with Crippen LogP contribution in [-0.4, -0.2) is 56.3 Å². The summed E-state index contributed by atoms with van der Waals surface area (Å²) in [5, 5.41) is 12.4. The van der Waals surface area contributed by atoms with Crippen LogP contribution in [0.15, 0.2) is 41.7 Å². The fourth-order valence-electron chi connectivity index (χ4n) is 3.01. The van der Waals surface area contributed by atoms with Crippen molar-refractivity contribution in [3.05, 3.63) is 42.5 Å². The Morgan fingerprint density at radius 2 is 2.11 bits per heavy atom. The number of nitrogens with zero attached hydrogens (tertiary/aromatic N) is 5. The van der Waals surface area contributed by atoms with Crippen molar-refractivity contribution in [2.24, 2.45) is 10.9 Å². The molecule has 8 heteroatoms. The summed E-state index contributed by atoms with van der Waals surface area (Å²) in [5.74, 6) is 3.64. The van der Waals surface area contributed by atoms with Crippen molar-refractivity contribution in [1.82, 2.24) is 25.0 Å². The molecule has 1 fully saturated rings. The average molecular weight is 500 g/mol. The van der Waals surface area contributed by atoms with Crippen LogP contribution < -0.4 is 5.32 Å². The second kappa shape index (κ2) is 10.9. The summed E-state index contributed by atoms with van der Waals surface area (Å²) in [4.78, 5) is 7.24. The fourth-order valence-corrected chi connectivity index (χ4v) is 4.31. The fraction of sp³-hybridized carbons (Fsp3) is 0.526. The quantitative estimate of drug-likeness (QED) is 0.388. The number of rotatable bonds is 5. The molecule has 1 atom stereocenters. The van der Waals surface area contributed by atoms with Gasteiger partial charge in [0.2, 0.25) is 0 Å². The Morgan fingerprint density at radius 3 is 2.81 bits per heavy atom. The second-order valence-electron chi connectivity index (χ2n) is 6.72. The highest BCUT2D eigenvalue weighted by molar-refractivity contribution is 14.0. The zero-order valence-corrected chi connectivity index (χ0v) is 19.4. The molecule has 148 valence electrons. The Balaban J connectivity index is 0.00000261. The molecule has 1 aliphatic heterocycles. The SMILES string of the molecule is CCNC(=NCc1nncn1-c1ccccc1)N1CCSC(C(C)C)C1.I. The first-order valence-electron chi connectivity index (χ1n) is 9.28. The van der Waals surface area contributed by atoms with Gasteiger partial charge >= 0.3 is 0 Å². The lowest BCUT2D eigenvalue weighted by Gasteiger charge is -2.36. The van der Waals surface area contributed by atoms with E-state index in [1.54, 1.807) is 6.33 Å². The van der Waals surface area contributed by atoms with E-state index in [4.69, 9.17) is 4.99 Å². The molecule has 1 aliphatic rings. The van der Waals surface area contributed by atoms with Gasteiger partial charge in [-0.3, -0.25) is 4.57 Å². The summed E-state index contributed by atoms with van der Waals surface area (Å²) in [5.41, 5.74) is 1.06. The van der Waals surface area contributed by atoms with Crippen LogP contribution in [0.25, 0.3) is 5.69 Å². The van der Waals surface area contributed by atoms with Crippen LogP contribution in [0.3, 0.4) is 0 Å². The van der Waals surface area contributed by atoms with Crippen LogP contribution >= 0.6 is 35.7 Å². The van der Waals surface area contributed by atoms with Crippen molar-refractivity contribution in [3.8, 4) is 5.69 Å². The van der Waals surface area contributed by atoms with Crippen LogP contribution in [0, 0.1) is 5.92 Å². The number of nitrogens with one attached hydrogen (secondary N) is 1. The van der Waals surface area contributed by atoms with E-state index in [2.05, 4.69) is 65.1 Å². The number of hydrogen-bond donors (Lipinski definition) is 1. The molecule has 0 spiro atoms. The van der Waals surface area contributed by atoms with Crippen LogP contribution in [0.5, 0.6) is 0 Å². The van der Waals surface area contributed by atoms with Crippen molar-refractivity contribution >= 4 is 41.7 Å². The van der Waals surface area contributed by atoms with Gasteiger partial charge in [0.1, 0.15) is 12.9 Å². The molecular formula is C19H29IN6S. The molecule has 0 radical (unpaired) electrons. The van der Waals surface area contributed by atoms with Crippen molar-refractivity contribution in [2.75, 3.05) is 25.4 Å². The summed E-state index contributed by atoms with van der Waals surface area (Å²) >= 11 is 2.08. The van der Waals surface area contributed by atoms with Gasteiger partial charge in [-0.2, -0.15) is 11.8 Å². The van der Waals surface area contributed by atoms with Gasteiger partial charge in [0.15, 0.2) is 11.8 Å².